The van der Waals surface area contributed by atoms with Crippen molar-refractivity contribution in [1.82, 2.24) is 5.32 Å². The molecule has 0 spiro atoms. The van der Waals surface area contributed by atoms with Crippen molar-refractivity contribution in [2.24, 2.45) is 11.8 Å². The SMILES string of the molecule is CC(C)C(CO)NC(=O)C1CCC1. The van der Waals surface area contributed by atoms with E-state index in [1.54, 1.807) is 0 Å². The first-order valence-corrected chi connectivity index (χ1v) is 5.06. The third-order valence-corrected chi connectivity index (χ3v) is 2.81. The molecule has 1 unspecified atom stereocenters. The van der Waals surface area contributed by atoms with Crippen LogP contribution in [0.15, 0.2) is 0 Å². The maximum Gasteiger partial charge on any atom is 0.223 e. The highest BCUT2D eigenvalue weighted by atomic mass is 16.3. The van der Waals surface area contributed by atoms with E-state index in [-0.39, 0.29) is 24.5 Å². The maximum absolute atomic E-state index is 11.5. The first kappa shape index (κ1) is 10.5. The molecule has 1 amide bonds. The lowest BCUT2D eigenvalue weighted by Gasteiger charge is -2.28. The van der Waals surface area contributed by atoms with Crippen molar-refractivity contribution in [1.29, 1.82) is 0 Å². The molecule has 0 heterocycles. The number of rotatable bonds is 4. The minimum absolute atomic E-state index is 0.0378. The van der Waals surface area contributed by atoms with Gasteiger partial charge >= 0.3 is 0 Å². The Labute approximate surface area is 79.5 Å². The Kier molecular flexibility index (Phi) is 3.72. The molecule has 1 atom stereocenters. The van der Waals surface area contributed by atoms with Gasteiger partial charge in [-0.2, -0.15) is 0 Å². The number of carbonyl (C=O) groups is 1. The highest BCUT2D eigenvalue weighted by Crippen LogP contribution is 2.26. The summed E-state index contributed by atoms with van der Waals surface area (Å²) >= 11 is 0. The lowest BCUT2D eigenvalue weighted by atomic mass is 9.84. The van der Waals surface area contributed by atoms with E-state index in [1.165, 1.54) is 6.42 Å². The van der Waals surface area contributed by atoms with Gasteiger partial charge in [0.1, 0.15) is 0 Å². The second-order valence-corrected chi connectivity index (χ2v) is 4.17. The molecule has 2 N–H and O–H groups in total. The summed E-state index contributed by atoms with van der Waals surface area (Å²) < 4.78 is 0. The van der Waals surface area contributed by atoms with E-state index < -0.39 is 0 Å². The van der Waals surface area contributed by atoms with Crippen LogP contribution >= 0.6 is 0 Å². The van der Waals surface area contributed by atoms with Gasteiger partial charge in [0.05, 0.1) is 12.6 Å². The van der Waals surface area contributed by atoms with Crippen LogP contribution in [0.4, 0.5) is 0 Å². The largest absolute Gasteiger partial charge is 0.394 e. The van der Waals surface area contributed by atoms with Gasteiger partial charge in [0.25, 0.3) is 0 Å². The number of carbonyl (C=O) groups excluding carboxylic acids is 1. The quantitative estimate of drug-likeness (QED) is 0.684. The molecule has 76 valence electrons. The van der Waals surface area contributed by atoms with Crippen molar-refractivity contribution in [3.05, 3.63) is 0 Å². The van der Waals surface area contributed by atoms with Crippen molar-refractivity contribution in [3.8, 4) is 0 Å². The molecule has 1 aliphatic rings. The fourth-order valence-electron chi connectivity index (χ4n) is 1.39. The monoisotopic (exact) mass is 185 g/mol. The molecule has 0 radical (unpaired) electrons. The smallest absolute Gasteiger partial charge is 0.223 e. The van der Waals surface area contributed by atoms with Gasteiger partial charge in [0.2, 0.25) is 5.91 Å². The van der Waals surface area contributed by atoms with Gasteiger partial charge in [0.15, 0.2) is 0 Å². The summed E-state index contributed by atoms with van der Waals surface area (Å²) in [5.41, 5.74) is 0. The van der Waals surface area contributed by atoms with E-state index in [4.69, 9.17) is 5.11 Å². The molecule has 1 aliphatic carbocycles. The average Bonchev–Trinajstić information content (AvgIpc) is 1.96. The number of nitrogens with one attached hydrogen (secondary N) is 1. The zero-order valence-corrected chi connectivity index (χ0v) is 8.42. The number of hydrogen-bond donors (Lipinski definition) is 2. The molecule has 1 saturated carbocycles. The molecule has 1 fully saturated rings. The van der Waals surface area contributed by atoms with Gasteiger partial charge in [-0.1, -0.05) is 20.3 Å². The second-order valence-electron chi connectivity index (χ2n) is 4.17. The van der Waals surface area contributed by atoms with Crippen LogP contribution in [0, 0.1) is 11.8 Å². The van der Waals surface area contributed by atoms with Gasteiger partial charge in [-0.3, -0.25) is 4.79 Å². The van der Waals surface area contributed by atoms with Crippen LogP contribution in [-0.2, 0) is 4.79 Å². The molecule has 3 nitrogen and oxygen atoms in total. The van der Waals surface area contributed by atoms with Crippen LogP contribution in [-0.4, -0.2) is 23.7 Å². The zero-order valence-electron chi connectivity index (χ0n) is 8.42. The van der Waals surface area contributed by atoms with Crippen molar-refractivity contribution in [2.75, 3.05) is 6.61 Å². The third-order valence-electron chi connectivity index (χ3n) is 2.81. The molecule has 0 aromatic heterocycles. The molecule has 13 heavy (non-hydrogen) atoms. The fourth-order valence-corrected chi connectivity index (χ4v) is 1.39. The van der Waals surface area contributed by atoms with E-state index >= 15 is 0 Å². The Morgan fingerprint density at radius 3 is 2.46 bits per heavy atom. The molecule has 1 rings (SSSR count). The highest BCUT2D eigenvalue weighted by Gasteiger charge is 2.27. The first-order valence-electron chi connectivity index (χ1n) is 5.06. The second kappa shape index (κ2) is 4.61. The van der Waals surface area contributed by atoms with Crippen molar-refractivity contribution < 1.29 is 9.90 Å². The fraction of sp³-hybridized carbons (Fsp3) is 0.900. The zero-order chi connectivity index (χ0) is 9.84. The van der Waals surface area contributed by atoms with Gasteiger partial charge < -0.3 is 10.4 Å². The van der Waals surface area contributed by atoms with Crippen LogP contribution in [0.25, 0.3) is 0 Å². The lowest BCUT2D eigenvalue weighted by Crippen LogP contribution is -2.45. The van der Waals surface area contributed by atoms with Gasteiger partial charge in [-0.15, -0.1) is 0 Å². The van der Waals surface area contributed by atoms with E-state index in [9.17, 15) is 4.79 Å². The summed E-state index contributed by atoms with van der Waals surface area (Å²) in [5.74, 6) is 0.640. The summed E-state index contributed by atoms with van der Waals surface area (Å²) in [5, 5.41) is 11.9. The Bertz CT molecular complexity index is 176. The molecular formula is C10H19NO2. The number of aliphatic hydroxyl groups is 1. The summed E-state index contributed by atoms with van der Waals surface area (Å²) in [6, 6.07) is -0.0758. The van der Waals surface area contributed by atoms with Crippen LogP contribution in [0.5, 0.6) is 0 Å². The average molecular weight is 185 g/mol. The molecule has 0 bridgehead atoms. The molecular weight excluding hydrogens is 166 g/mol. The molecule has 0 saturated heterocycles. The summed E-state index contributed by atoms with van der Waals surface area (Å²) in [7, 11) is 0. The molecule has 0 aromatic carbocycles. The Hall–Kier alpha value is -0.570. The topological polar surface area (TPSA) is 49.3 Å². The normalized spacial score (nSPS) is 19.7. The van der Waals surface area contributed by atoms with Gasteiger partial charge in [0, 0.05) is 5.92 Å². The van der Waals surface area contributed by atoms with E-state index in [0.29, 0.717) is 5.92 Å². The van der Waals surface area contributed by atoms with Crippen molar-refractivity contribution in [3.63, 3.8) is 0 Å². The summed E-state index contributed by atoms with van der Waals surface area (Å²) in [6.45, 7) is 4.04. The van der Waals surface area contributed by atoms with Crippen LogP contribution < -0.4 is 5.32 Å². The molecule has 0 aliphatic heterocycles. The predicted molar refractivity (Wildman–Crippen MR) is 51.2 cm³/mol. The van der Waals surface area contributed by atoms with Crippen molar-refractivity contribution >= 4 is 5.91 Å². The predicted octanol–water partition coefficient (Wildman–Crippen LogP) is 0.920. The van der Waals surface area contributed by atoms with E-state index in [0.717, 1.165) is 12.8 Å². The van der Waals surface area contributed by atoms with Gasteiger partial charge in [-0.25, -0.2) is 0 Å². The number of amides is 1. The standard InChI is InChI=1S/C10H19NO2/c1-7(2)9(6-12)11-10(13)8-4-3-5-8/h7-9,12H,3-6H2,1-2H3,(H,11,13). The van der Waals surface area contributed by atoms with Crippen LogP contribution in [0.2, 0.25) is 0 Å². The minimum Gasteiger partial charge on any atom is -0.394 e. The first-order chi connectivity index (χ1) is 6.15. The molecule has 3 heteroatoms. The van der Waals surface area contributed by atoms with Crippen molar-refractivity contribution in [2.45, 2.75) is 39.2 Å². The molecule has 0 aromatic rings. The van der Waals surface area contributed by atoms with Crippen LogP contribution in [0.1, 0.15) is 33.1 Å². The van der Waals surface area contributed by atoms with Gasteiger partial charge in [-0.05, 0) is 18.8 Å². The Morgan fingerprint density at radius 1 is 1.54 bits per heavy atom. The number of aliphatic hydroxyl groups excluding tert-OH is 1. The maximum atomic E-state index is 11.5. The number of hydrogen-bond acceptors (Lipinski definition) is 2. The minimum atomic E-state index is -0.0758. The Morgan fingerprint density at radius 2 is 2.15 bits per heavy atom. The third kappa shape index (κ3) is 2.69. The summed E-state index contributed by atoms with van der Waals surface area (Å²) in [6.07, 6.45) is 3.20. The van der Waals surface area contributed by atoms with E-state index in [2.05, 4.69) is 5.32 Å². The summed E-state index contributed by atoms with van der Waals surface area (Å²) in [4.78, 5) is 11.5. The Balaban J connectivity index is 2.31. The highest BCUT2D eigenvalue weighted by molar-refractivity contribution is 5.79. The van der Waals surface area contributed by atoms with Crippen LogP contribution in [0.3, 0.4) is 0 Å². The lowest BCUT2D eigenvalue weighted by molar-refractivity contribution is -0.128. The van der Waals surface area contributed by atoms with E-state index in [1.807, 2.05) is 13.8 Å².